The summed E-state index contributed by atoms with van der Waals surface area (Å²) in [5.41, 5.74) is 5.41. The number of aromatic nitrogens is 3. The van der Waals surface area contributed by atoms with Crippen molar-refractivity contribution < 1.29 is 9.64 Å². The highest BCUT2D eigenvalue weighted by molar-refractivity contribution is 7.26. The van der Waals surface area contributed by atoms with Gasteiger partial charge in [-0.05, 0) is 36.8 Å². The molecule has 154 valence electrons. The molecule has 4 heterocycles. The summed E-state index contributed by atoms with van der Waals surface area (Å²) in [6.07, 6.45) is 8.65. The number of ether oxygens (including phenoxy) is 1. The van der Waals surface area contributed by atoms with Crippen LogP contribution < -0.4 is 10.2 Å². The first kappa shape index (κ1) is 19.2. The molecule has 1 aliphatic carbocycles. The first-order valence-corrected chi connectivity index (χ1v) is 11.9. The molecule has 0 aromatic carbocycles. The second kappa shape index (κ2) is 8.50. The molecule has 5 rings (SSSR count). The van der Waals surface area contributed by atoms with E-state index in [1.54, 1.807) is 22.6 Å². The normalized spacial score (nSPS) is 17.3. The molecule has 0 unspecified atom stereocenters. The lowest BCUT2D eigenvalue weighted by molar-refractivity contribution is -0.908. The molecular formula is C22H30N5OS+. The minimum absolute atomic E-state index is 0.897. The first-order chi connectivity index (χ1) is 14.3. The van der Waals surface area contributed by atoms with E-state index in [0.29, 0.717) is 0 Å². The molecule has 7 heteroatoms. The molecule has 0 amide bonds. The van der Waals surface area contributed by atoms with Gasteiger partial charge in [-0.1, -0.05) is 13.3 Å². The molecule has 0 radical (unpaired) electrons. The summed E-state index contributed by atoms with van der Waals surface area (Å²) in [6, 6.07) is 0. The molecule has 0 spiro atoms. The monoisotopic (exact) mass is 412 g/mol. The number of hydrogen-bond donors (Lipinski definition) is 2. The van der Waals surface area contributed by atoms with E-state index in [2.05, 4.69) is 22.2 Å². The molecule has 0 bridgehead atoms. The number of nitrogens with zero attached hydrogens (tertiary/aromatic N) is 3. The second-order valence-electron chi connectivity index (χ2n) is 8.19. The number of quaternary nitrogens is 1. The van der Waals surface area contributed by atoms with Crippen molar-refractivity contribution in [3.63, 3.8) is 0 Å². The summed E-state index contributed by atoms with van der Waals surface area (Å²) in [4.78, 5) is 17.1. The number of rotatable bonds is 7. The largest absolute Gasteiger partial charge is 0.370 e. The molecule has 1 fully saturated rings. The SMILES string of the molecule is CCCc1nc2sc3c(NCCC[NH+]4CCOCC4)ncnc3c2c2c1CCC2. The number of hydrogen-bond acceptors (Lipinski definition) is 6. The fourth-order valence-corrected chi connectivity index (χ4v) is 5.95. The van der Waals surface area contributed by atoms with Crippen LogP contribution in [0, 0.1) is 0 Å². The Morgan fingerprint density at radius 1 is 1.17 bits per heavy atom. The van der Waals surface area contributed by atoms with E-state index in [0.717, 1.165) is 79.4 Å². The highest BCUT2D eigenvalue weighted by Crippen LogP contribution is 2.41. The summed E-state index contributed by atoms with van der Waals surface area (Å²) in [6.45, 7) is 8.42. The van der Waals surface area contributed by atoms with E-state index < -0.39 is 0 Å². The quantitative estimate of drug-likeness (QED) is 0.584. The van der Waals surface area contributed by atoms with Crippen molar-refractivity contribution in [3.8, 4) is 0 Å². The van der Waals surface area contributed by atoms with E-state index in [1.165, 1.54) is 41.6 Å². The predicted molar refractivity (Wildman–Crippen MR) is 118 cm³/mol. The molecule has 3 aromatic heterocycles. The van der Waals surface area contributed by atoms with E-state index in [4.69, 9.17) is 9.72 Å². The van der Waals surface area contributed by atoms with Crippen LogP contribution in [0.25, 0.3) is 20.4 Å². The number of aryl methyl sites for hydroxylation is 2. The molecule has 2 aliphatic rings. The van der Waals surface area contributed by atoms with Crippen molar-refractivity contribution in [2.75, 3.05) is 44.7 Å². The third-order valence-corrected chi connectivity index (χ3v) is 7.32. The molecule has 6 nitrogen and oxygen atoms in total. The Kier molecular flexibility index (Phi) is 5.61. The van der Waals surface area contributed by atoms with Gasteiger partial charge in [0.25, 0.3) is 0 Å². The predicted octanol–water partition coefficient (Wildman–Crippen LogP) is 2.40. The van der Waals surface area contributed by atoms with Crippen molar-refractivity contribution in [3.05, 3.63) is 23.1 Å². The Bertz CT molecular complexity index is 1010. The zero-order valence-electron chi connectivity index (χ0n) is 17.2. The average Bonchev–Trinajstić information content (AvgIpc) is 3.37. The zero-order chi connectivity index (χ0) is 19.6. The molecule has 0 saturated carbocycles. The van der Waals surface area contributed by atoms with Gasteiger partial charge >= 0.3 is 0 Å². The van der Waals surface area contributed by atoms with Gasteiger partial charge in [-0.2, -0.15) is 0 Å². The fourth-order valence-electron chi connectivity index (χ4n) is 4.80. The van der Waals surface area contributed by atoms with Crippen molar-refractivity contribution >= 4 is 37.6 Å². The fraction of sp³-hybridized carbons (Fsp3) is 0.591. The highest BCUT2D eigenvalue weighted by atomic mass is 32.1. The summed E-state index contributed by atoms with van der Waals surface area (Å²) >= 11 is 1.76. The van der Waals surface area contributed by atoms with Gasteiger partial charge < -0.3 is 15.0 Å². The molecule has 2 N–H and O–H groups in total. The van der Waals surface area contributed by atoms with Crippen molar-refractivity contribution in [2.24, 2.45) is 0 Å². The number of thiophene rings is 1. The van der Waals surface area contributed by atoms with Gasteiger partial charge in [0.2, 0.25) is 0 Å². The Labute approximate surface area is 175 Å². The number of nitrogens with one attached hydrogen (secondary N) is 2. The van der Waals surface area contributed by atoms with E-state index in [1.807, 2.05) is 0 Å². The van der Waals surface area contributed by atoms with E-state index in [-0.39, 0.29) is 0 Å². The lowest BCUT2D eigenvalue weighted by Gasteiger charge is -2.23. The van der Waals surface area contributed by atoms with Crippen LogP contribution >= 0.6 is 11.3 Å². The maximum atomic E-state index is 5.45. The van der Waals surface area contributed by atoms with Gasteiger partial charge in [-0.25, -0.2) is 15.0 Å². The lowest BCUT2D eigenvalue weighted by atomic mass is 10.0. The van der Waals surface area contributed by atoms with Crippen LogP contribution in [0.1, 0.15) is 43.0 Å². The minimum atomic E-state index is 0.897. The maximum Gasteiger partial charge on any atom is 0.147 e. The number of pyridine rings is 1. The van der Waals surface area contributed by atoms with Crippen LogP contribution in [0.5, 0.6) is 0 Å². The summed E-state index contributed by atoms with van der Waals surface area (Å²) in [5.74, 6) is 0.971. The van der Waals surface area contributed by atoms with Crippen molar-refractivity contribution in [1.82, 2.24) is 15.0 Å². The third-order valence-electron chi connectivity index (χ3n) is 6.24. The van der Waals surface area contributed by atoms with Gasteiger partial charge in [0, 0.05) is 24.0 Å². The topological polar surface area (TPSA) is 64.4 Å². The smallest absolute Gasteiger partial charge is 0.147 e. The molecular weight excluding hydrogens is 382 g/mol. The summed E-state index contributed by atoms with van der Waals surface area (Å²) in [5, 5.41) is 4.87. The lowest BCUT2D eigenvalue weighted by Crippen LogP contribution is -3.14. The van der Waals surface area contributed by atoms with Crippen molar-refractivity contribution in [1.29, 1.82) is 0 Å². The Morgan fingerprint density at radius 3 is 2.90 bits per heavy atom. The van der Waals surface area contributed by atoms with Gasteiger partial charge in [0.05, 0.1) is 30.0 Å². The van der Waals surface area contributed by atoms with E-state index >= 15 is 0 Å². The molecule has 3 aromatic rings. The first-order valence-electron chi connectivity index (χ1n) is 11.1. The Hall–Kier alpha value is -1.83. The van der Waals surface area contributed by atoms with Crippen LogP contribution in [0.2, 0.25) is 0 Å². The molecule has 0 atom stereocenters. The van der Waals surface area contributed by atoms with Gasteiger partial charge in [-0.3, -0.25) is 0 Å². The van der Waals surface area contributed by atoms with Crippen LogP contribution in [-0.4, -0.2) is 54.3 Å². The van der Waals surface area contributed by atoms with Gasteiger partial charge in [0.1, 0.15) is 30.1 Å². The number of fused-ring (bicyclic) bond motifs is 5. The maximum absolute atomic E-state index is 5.45. The van der Waals surface area contributed by atoms with Crippen LogP contribution in [0.3, 0.4) is 0 Å². The van der Waals surface area contributed by atoms with Crippen LogP contribution in [0.4, 0.5) is 5.82 Å². The average molecular weight is 413 g/mol. The number of morpholine rings is 1. The van der Waals surface area contributed by atoms with Crippen LogP contribution in [-0.2, 0) is 24.0 Å². The third kappa shape index (κ3) is 3.71. The Balaban J connectivity index is 1.40. The van der Waals surface area contributed by atoms with Crippen LogP contribution in [0.15, 0.2) is 6.33 Å². The van der Waals surface area contributed by atoms with E-state index in [9.17, 15) is 0 Å². The summed E-state index contributed by atoms with van der Waals surface area (Å²) in [7, 11) is 0. The van der Waals surface area contributed by atoms with Gasteiger partial charge in [0.15, 0.2) is 0 Å². The minimum Gasteiger partial charge on any atom is -0.370 e. The van der Waals surface area contributed by atoms with Crippen molar-refractivity contribution in [2.45, 2.75) is 45.4 Å². The molecule has 1 aliphatic heterocycles. The zero-order valence-corrected chi connectivity index (χ0v) is 18.0. The molecule has 29 heavy (non-hydrogen) atoms. The Morgan fingerprint density at radius 2 is 2.03 bits per heavy atom. The number of anilines is 1. The second-order valence-corrected chi connectivity index (χ2v) is 9.19. The molecule has 1 saturated heterocycles. The standard InChI is InChI=1S/C22H29N5OS/c1-2-5-17-15-6-3-7-16(15)18-19-20(29-22(18)26-17)21(25-14-24-19)23-8-4-9-27-10-12-28-13-11-27/h14H,2-13H2,1H3,(H,23,24,25)/p+1. The summed E-state index contributed by atoms with van der Waals surface area (Å²) < 4.78 is 6.61. The highest BCUT2D eigenvalue weighted by Gasteiger charge is 2.24. The van der Waals surface area contributed by atoms with Gasteiger partial charge in [-0.15, -0.1) is 11.3 Å².